The molecule has 0 saturated carbocycles. The van der Waals surface area contributed by atoms with Gasteiger partial charge in [-0.15, -0.1) is 12.4 Å². The smallest absolute Gasteiger partial charge is 0.252 e. The Labute approximate surface area is 115 Å². The van der Waals surface area contributed by atoms with Gasteiger partial charge in [-0.1, -0.05) is 13.3 Å². The van der Waals surface area contributed by atoms with E-state index in [-0.39, 0.29) is 18.3 Å². The van der Waals surface area contributed by atoms with Crippen molar-refractivity contribution >= 4 is 18.3 Å². The molecule has 18 heavy (non-hydrogen) atoms. The van der Waals surface area contributed by atoms with Crippen molar-refractivity contribution in [1.82, 2.24) is 10.6 Å². The van der Waals surface area contributed by atoms with E-state index in [1.807, 2.05) is 6.92 Å². The molecular weight excluding hydrogens is 256 g/mol. The van der Waals surface area contributed by atoms with Gasteiger partial charge in [0, 0.05) is 13.7 Å². The summed E-state index contributed by atoms with van der Waals surface area (Å²) in [5.74, 6) is -0.100. The Hall–Kier alpha value is -0.360. The van der Waals surface area contributed by atoms with Gasteiger partial charge in [-0.2, -0.15) is 0 Å². The minimum atomic E-state index is -0.711. The van der Waals surface area contributed by atoms with Crippen LogP contribution in [0.5, 0.6) is 0 Å². The predicted molar refractivity (Wildman–Crippen MR) is 73.0 cm³/mol. The quantitative estimate of drug-likeness (QED) is 0.661. The fraction of sp³-hybridized carbons (Fsp3) is 0.917. The summed E-state index contributed by atoms with van der Waals surface area (Å²) in [5.41, 5.74) is -0.711. The van der Waals surface area contributed by atoms with Gasteiger partial charge in [0.05, 0.1) is 6.10 Å². The maximum Gasteiger partial charge on any atom is 0.252 e. The summed E-state index contributed by atoms with van der Waals surface area (Å²) < 4.78 is 5.40. The number of piperidine rings is 1. The summed E-state index contributed by atoms with van der Waals surface area (Å²) in [7, 11) is 1.58. The molecule has 1 aliphatic heterocycles. The van der Waals surface area contributed by atoms with Gasteiger partial charge in [-0.05, 0) is 32.4 Å². The van der Waals surface area contributed by atoms with Gasteiger partial charge >= 0.3 is 0 Å². The number of hydrogen-bond acceptors (Lipinski definition) is 4. The van der Waals surface area contributed by atoms with Gasteiger partial charge < -0.3 is 20.5 Å². The SMILES string of the molecule is CCCC(O)CNC(=O)C1(OC)CCNCC1.Cl. The van der Waals surface area contributed by atoms with Crippen LogP contribution < -0.4 is 10.6 Å². The number of carbonyl (C=O) groups excluding carboxylic acids is 1. The highest BCUT2D eigenvalue weighted by Gasteiger charge is 2.39. The second kappa shape index (κ2) is 8.69. The maximum atomic E-state index is 12.1. The first-order chi connectivity index (χ1) is 8.14. The van der Waals surface area contributed by atoms with Crippen LogP contribution in [-0.2, 0) is 9.53 Å². The predicted octanol–water partition coefficient (Wildman–Crippen LogP) is 0.454. The largest absolute Gasteiger partial charge is 0.391 e. The molecule has 0 aromatic heterocycles. The summed E-state index contributed by atoms with van der Waals surface area (Å²) in [5, 5.41) is 15.6. The number of amides is 1. The van der Waals surface area contributed by atoms with Crippen LogP contribution >= 0.6 is 12.4 Å². The van der Waals surface area contributed by atoms with E-state index in [0.717, 1.165) is 19.5 Å². The zero-order valence-electron chi connectivity index (χ0n) is 11.2. The number of methoxy groups -OCH3 is 1. The highest BCUT2D eigenvalue weighted by atomic mass is 35.5. The van der Waals surface area contributed by atoms with Gasteiger partial charge in [0.15, 0.2) is 0 Å². The molecule has 108 valence electrons. The molecule has 3 N–H and O–H groups in total. The number of hydrogen-bond donors (Lipinski definition) is 3. The van der Waals surface area contributed by atoms with Crippen LogP contribution in [0.15, 0.2) is 0 Å². The lowest BCUT2D eigenvalue weighted by atomic mass is 9.91. The minimum absolute atomic E-state index is 0. The Kier molecular flexibility index (Phi) is 8.52. The van der Waals surface area contributed by atoms with Crippen molar-refractivity contribution in [1.29, 1.82) is 0 Å². The molecule has 1 heterocycles. The molecule has 0 aliphatic carbocycles. The van der Waals surface area contributed by atoms with E-state index in [2.05, 4.69) is 10.6 Å². The fourth-order valence-electron chi connectivity index (χ4n) is 2.16. The zero-order chi connectivity index (χ0) is 12.7. The van der Waals surface area contributed by atoms with Crippen molar-refractivity contribution in [3.63, 3.8) is 0 Å². The van der Waals surface area contributed by atoms with Crippen LogP contribution in [-0.4, -0.2) is 49.5 Å². The second-order valence-electron chi connectivity index (χ2n) is 4.60. The molecule has 0 bridgehead atoms. The van der Waals surface area contributed by atoms with Crippen molar-refractivity contribution < 1.29 is 14.6 Å². The maximum absolute atomic E-state index is 12.1. The van der Waals surface area contributed by atoms with Crippen LogP contribution in [0.2, 0.25) is 0 Å². The van der Waals surface area contributed by atoms with Crippen molar-refractivity contribution in [2.75, 3.05) is 26.7 Å². The first-order valence-electron chi connectivity index (χ1n) is 6.37. The third-order valence-electron chi connectivity index (χ3n) is 3.34. The topological polar surface area (TPSA) is 70.6 Å². The number of aliphatic hydroxyl groups excluding tert-OH is 1. The number of carbonyl (C=O) groups is 1. The van der Waals surface area contributed by atoms with Gasteiger partial charge in [0.2, 0.25) is 0 Å². The molecule has 1 aliphatic rings. The first-order valence-corrected chi connectivity index (χ1v) is 6.37. The number of aliphatic hydroxyl groups is 1. The van der Waals surface area contributed by atoms with Crippen molar-refractivity contribution in [2.24, 2.45) is 0 Å². The summed E-state index contributed by atoms with van der Waals surface area (Å²) in [6.45, 7) is 3.90. The van der Waals surface area contributed by atoms with Crippen molar-refractivity contribution in [3.05, 3.63) is 0 Å². The highest BCUT2D eigenvalue weighted by molar-refractivity contribution is 5.85. The van der Waals surface area contributed by atoms with E-state index in [4.69, 9.17) is 4.74 Å². The second-order valence-corrected chi connectivity index (χ2v) is 4.60. The molecule has 1 fully saturated rings. The van der Waals surface area contributed by atoms with Gasteiger partial charge in [-0.25, -0.2) is 0 Å². The molecule has 1 atom stereocenters. The van der Waals surface area contributed by atoms with Crippen molar-refractivity contribution in [3.8, 4) is 0 Å². The molecule has 1 saturated heterocycles. The monoisotopic (exact) mass is 280 g/mol. The van der Waals surface area contributed by atoms with Crippen LogP contribution in [0.1, 0.15) is 32.6 Å². The third-order valence-corrected chi connectivity index (χ3v) is 3.34. The standard InChI is InChI=1S/C12H24N2O3.ClH/c1-3-4-10(15)9-14-11(16)12(17-2)5-7-13-8-6-12;/h10,13,15H,3-9H2,1-2H3,(H,14,16);1H. The average Bonchev–Trinajstić information content (AvgIpc) is 2.37. The van der Waals surface area contributed by atoms with Crippen LogP contribution in [0.25, 0.3) is 0 Å². The van der Waals surface area contributed by atoms with E-state index < -0.39 is 11.7 Å². The Morgan fingerprint density at radius 3 is 2.61 bits per heavy atom. The highest BCUT2D eigenvalue weighted by Crippen LogP contribution is 2.22. The van der Waals surface area contributed by atoms with Crippen molar-refractivity contribution in [2.45, 2.75) is 44.3 Å². The zero-order valence-corrected chi connectivity index (χ0v) is 12.0. The van der Waals surface area contributed by atoms with Gasteiger partial charge in [0.1, 0.15) is 5.60 Å². The van der Waals surface area contributed by atoms with E-state index in [1.54, 1.807) is 7.11 Å². The molecular formula is C12H25ClN2O3. The van der Waals surface area contributed by atoms with E-state index in [0.29, 0.717) is 25.8 Å². The molecule has 0 aromatic carbocycles. The normalized spacial score (nSPS) is 19.7. The number of nitrogens with one attached hydrogen (secondary N) is 2. The molecule has 0 aromatic rings. The Morgan fingerprint density at radius 2 is 2.11 bits per heavy atom. The van der Waals surface area contributed by atoms with Crippen LogP contribution in [0.4, 0.5) is 0 Å². The molecule has 1 rings (SSSR count). The molecule has 1 amide bonds. The molecule has 0 spiro atoms. The number of rotatable bonds is 6. The summed E-state index contributed by atoms with van der Waals surface area (Å²) in [6.07, 6.45) is 2.52. The Balaban J connectivity index is 0.00000289. The molecule has 6 heteroatoms. The van der Waals surface area contributed by atoms with E-state index in [9.17, 15) is 9.90 Å². The number of halogens is 1. The van der Waals surface area contributed by atoms with E-state index >= 15 is 0 Å². The third kappa shape index (κ3) is 4.72. The van der Waals surface area contributed by atoms with Crippen LogP contribution in [0, 0.1) is 0 Å². The molecule has 0 radical (unpaired) electrons. The molecule has 1 unspecified atom stereocenters. The summed E-state index contributed by atoms with van der Waals surface area (Å²) >= 11 is 0. The van der Waals surface area contributed by atoms with Gasteiger partial charge in [-0.3, -0.25) is 4.79 Å². The molecule has 5 nitrogen and oxygen atoms in total. The minimum Gasteiger partial charge on any atom is -0.391 e. The fourth-order valence-corrected chi connectivity index (χ4v) is 2.16. The lowest BCUT2D eigenvalue weighted by molar-refractivity contribution is -0.147. The number of ether oxygens (including phenoxy) is 1. The summed E-state index contributed by atoms with van der Waals surface area (Å²) in [6, 6.07) is 0. The van der Waals surface area contributed by atoms with Gasteiger partial charge in [0.25, 0.3) is 5.91 Å². The lowest BCUT2D eigenvalue weighted by Gasteiger charge is -2.35. The first kappa shape index (κ1) is 17.6. The van der Waals surface area contributed by atoms with E-state index in [1.165, 1.54) is 0 Å². The Morgan fingerprint density at radius 1 is 1.50 bits per heavy atom. The average molecular weight is 281 g/mol. The van der Waals surface area contributed by atoms with Crippen LogP contribution in [0.3, 0.4) is 0 Å². The lowest BCUT2D eigenvalue weighted by Crippen LogP contribution is -2.55. The summed E-state index contributed by atoms with van der Waals surface area (Å²) in [4.78, 5) is 12.1. The Bertz CT molecular complexity index is 245.